The summed E-state index contributed by atoms with van der Waals surface area (Å²) in [5.41, 5.74) is 1.53. The normalized spacial score (nSPS) is 15.7. The molecule has 3 rings (SSSR count). The number of hydrogen-bond donors (Lipinski definition) is 2. The van der Waals surface area contributed by atoms with Gasteiger partial charge >= 0.3 is 12.2 Å². The van der Waals surface area contributed by atoms with Gasteiger partial charge in [0.1, 0.15) is 6.61 Å². The molecular weight excluding hydrogens is 427 g/mol. The Morgan fingerprint density at radius 2 is 1.81 bits per heavy atom. The van der Waals surface area contributed by atoms with Gasteiger partial charge in [0, 0.05) is 24.5 Å². The fourth-order valence-corrected chi connectivity index (χ4v) is 4.24. The minimum Gasteiger partial charge on any atom is -0.367 e. The van der Waals surface area contributed by atoms with Crippen molar-refractivity contribution in [3.8, 4) is 0 Å². The van der Waals surface area contributed by atoms with E-state index in [9.17, 15) is 18.0 Å². The molecule has 1 saturated heterocycles. The molecule has 170 valence electrons. The Kier molecular flexibility index (Phi) is 8.74. The fraction of sp³-hybridized carbons (Fsp3) is 0.500. The molecule has 0 unspecified atom stereocenters. The summed E-state index contributed by atoms with van der Waals surface area (Å²) in [5.74, 6) is 0.487. The van der Waals surface area contributed by atoms with Gasteiger partial charge in [0.25, 0.3) is 0 Å². The number of hydrogen-bond acceptors (Lipinski definition) is 4. The van der Waals surface area contributed by atoms with Crippen LogP contribution in [0, 0.1) is 5.92 Å². The van der Waals surface area contributed by atoms with E-state index in [0.717, 1.165) is 38.0 Å². The Labute approximate surface area is 184 Å². The molecule has 2 heterocycles. The van der Waals surface area contributed by atoms with Crippen LogP contribution in [0.25, 0.3) is 0 Å². The smallest absolute Gasteiger partial charge is 0.367 e. The molecule has 2 amide bonds. The number of ether oxygens (including phenoxy) is 1. The minimum absolute atomic E-state index is 0.0974. The SMILES string of the molecule is O=C(NCc1ccc(COCC(F)(F)F)cc1)NCC1CCN(Cc2cccs2)CC1. The van der Waals surface area contributed by atoms with Crippen LogP contribution in [0.2, 0.25) is 0 Å². The van der Waals surface area contributed by atoms with Crippen molar-refractivity contribution in [3.63, 3.8) is 0 Å². The molecule has 1 aromatic heterocycles. The number of amides is 2. The molecule has 1 aliphatic rings. The van der Waals surface area contributed by atoms with Crippen LogP contribution in [0.4, 0.5) is 18.0 Å². The standard InChI is InChI=1S/C22H28F3N3O2S/c23-22(24,25)16-30-15-19-5-3-17(4-6-19)12-26-21(29)27-13-18-7-9-28(10-8-18)14-20-2-1-11-31-20/h1-6,11,18H,7-10,12-16H2,(H2,26,27,29). The van der Waals surface area contributed by atoms with Gasteiger partial charge in [0.15, 0.2) is 0 Å². The number of carbonyl (C=O) groups is 1. The van der Waals surface area contributed by atoms with Crippen molar-refractivity contribution in [3.05, 3.63) is 57.8 Å². The van der Waals surface area contributed by atoms with Gasteiger partial charge < -0.3 is 15.4 Å². The van der Waals surface area contributed by atoms with Gasteiger partial charge in [-0.15, -0.1) is 11.3 Å². The van der Waals surface area contributed by atoms with Crippen LogP contribution in [0.1, 0.15) is 28.8 Å². The van der Waals surface area contributed by atoms with E-state index in [2.05, 4.69) is 37.8 Å². The monoisotopic (exact) mass is 455 g/mol. The van der Waals surface area contributed by atoms with Gasteiger partial charge in [0.05, 0.1) is 6.61 Å². The summed E-state index contributed by atoms with van der Waals surface area (Å²) in [7, 11) is 0. The maximum absolute atomic E-state index is 12.1. The van der Waals surface area contributed by atoms with E-state index in [0.29, 0.717) is 24.6 Å². The molecule has 2 N–H and O–H groups in total. The molecule has 9 heteroatoms. The Balaban J connectivity index is 1.28. The molecule has 1 aromatic carbocycles. The zero-order valence-electron chi connectivity index (χ0n) is 17.3. The second kappa shape index (κ2) is 11.5. The molecular formula is C22H28F3N3O2S. The summed E-state index contributed by atoms with van der Waals surface area (Å²) in [5, 5.41) is 7.87. The molecule has 1 fully saturated rings. The molecule has 0 aliphatic carbocycles. The predicted molar refractivity (Wildman–Crippen MR) is 115 cm³/mol. The maximum Gasteiger partial charge on any atom is 0.411 e. The van der Waals surface area contributed by atoms with Crippen LogP contribution in [0.5, 0.6) is 0 Å². The van der Waals surface area contributed by atoms with Crippen LogP contribution in [-0.2, 0) is 24.4 Å². The van der Waals surface area contributed by atoms with Crippen molar-refractivity contribution in [2.45, 2.75) is 38.7 Å². The predicted octanol–water partition coefficient (Wildman–Crippen LogP) is 4.54. The number of likely N-dealkylation sites (tertiary alicyclic amines) is 1. The number of piperidine rings is 1. The Morgan fingerprint density at radius 1 is 1.10 bits per heavy atom. The number of benzene rings is 1. The van der Waals surface area contributed by atoms with Gasteiger partial charge in [-0.2, -0.15) is 13.2 Å². The highest BCUT2D eigenvalue weighted by atomic mass is 32.1. The molecule has 0 bridgehead atoms. The highest BCUT2D eigenvalue weighted by Gasteiger charge is 2.27. The maximum atomic E-state index is 12.1. The molecule has 1 aliphatic heterocycles. The van der Waals surface area contributed by atoms with E-state index in [4.69, 9.17) is 0 Å². The zero-order valence-corrected chi connectivity index (χ0v) is 18.1. The van der Waals surface area contributed by atoms with Crippen molar-refractivity contribution >= 4 is 17.4 Å². The number of thiophene rings is 1. The number of nitrogens with one attached hydrogen (secondary N) is 2. The van der Waals surface area contributed by atoms with Crippen LogP contribution in [-0.4, -0.2) is 43.3 Å². The summed E-state index contributed by atoms with van der Waals surface area (Å²) >= 11 is 1.79. The fourth-order valence-electron chi connectivity index (χ4n) is 3.49. The zero-order chi connectivity index (χ0) is 22.1. The van der Waals surface area contributed by atoms with Gasteiger partial charge in [-0.3, -0.25) is 4.90 Å². The average molecular weight is 456 g/mol. The number of rotatable bonds is 9. The first-order valence-electron chi connectivity index (χ1n) is 10.4. The molecule has 0 radical (unpaired) electrons. The Bertz CT molecular complexity index is 789. The van der Waals surface area contributed by atoms with Gasteiger partial charge in [0.2, 0.25) is 0 Å². The molecule has 0 atom stereocenters. The second-order valence-corrected chi connectivity index (χ2v) is 8.82. The topological polar surface area (TPSA) is 53.6 Å². The number of nitrogens with zero attached hydrogens (tertiary/aromatic N) is 1. The lowest BCUT2D eigenvalue weighted by atomic mass is 9.97. The summed E-state index contributed by atoms with van der Waals surface area (Å²) in [4.78, 5) is 15.9. The highest BCUT2D eigenvalue weighted by Crippen LogP contribution is 2.20. The third-order valence-corrected chi connectivity index (χ3v) is 6.09. The highest BCUT2D eigenvalue weighted by molar-refractivity contribution is 7.09. The van der Waals surface area contributed by atoms with E-state index in [1.165, 1.54) is 4.88 Å². The quantitative estimate of drug-likeness (QED) is 0.584. The largest absolute Gasteiger partial charge is 0.411 e. The van der Waals surface area contributed by atoms with E-state index in [1.807, 2.05) is 0 Å². The van der Waals surface area contributed by atoms with Crippen molar-refractivity contribution in [1.29, 1.82) is 0 Å². The first kappa shape index (κ1) is 23.6. The summed E-state index contributed by atoms with van der Waals surface area (Å²) < 4.78 is 40.9. The number of halogens is 3. The van der Waals surface area contributed by atoms with Crippen molar-refractivity contribution in [2.75, 3.05) is 26.2 Å². The summed E-state index contributed by atoms with van der Waals surface area (Å²) in [6, 6.07) is 11.0. The molecule has 31 heavy (non-hydrogen) atoms. The lowest BCUT2D eigenvalue weighted by Gasteiger charge is -2.31. The third-order valence-electron chi connectivity index (χ3n) is 5.23. The van der Waals surface area contributed by atoms with E-state index in [-0.39, 0.29) is 12.6 Å². The van der Waals surface area contributed by atoms with Crippen LogP contribution in [0.3, 0.4) is 0 Å². The van der Waals surface area contributed by atoms with Crippen molar-refractivity contribution in [1.82, 2.24) is 15.5 Å². The molecule has 0 saturated carbocycles. The Morgan fingerprint density at radius 3 is 2.45 bits per heavy atom. The van der Waals surface area contributed by atoms with Crippen LogP contribution in [0.15, 0.2) is 41.8 Å². The summed E-state index contributed by atoms with van der Waals surface area (Å²) in [6.07, 6.45) is -2.18. The minimum atomic E-state index is -4.32. The molecule has 2 aromatic rings. The lowest BCUT2D eigenvalue weighted by molar-refractivity contribution is -0.176. The van der Waals surface area contributed by atoms with E-state index < -0.39 is 12.8 Å². The van der Waals surface area contributed by atoms with E-state index in [1.54, 1.807) is 35.6 Å². The van der Waals surface area contributed by atoms with Crippen LogP contribution < -0.4 is 10.6 Å². The number of carbonyl (C=O) groups excluding carboxylic acids is 1. The second-order valence-electron chi connectivity index (χ2n) is 7.79. The van der Waals surface area contributed by atoms with Crippen molar-refractivity contribution in [2.24, 2.45) is 5.92 Å². The number of alkyl halides is 3. The molecule has 5 nitrogen and oxygen atoms in total. The number of urea groups is 1. The average Bonchev–Trinajstić information content (AvgIpc) is 3.25. The van der Waals surface area contributed by atoms with Gasteiger partial charge in [-0.25, -0.2) is 4.79 Å². The third kappa shape index (κ3) is 8.88. The van der Waals surface area contributed by atoms with Crippen LogP contribution >= 0.6 is 11.3 Å². The molecule has 0 spiro atoms. The Hall–Kier alpha value is -2.10. The first-order valence-corrected chi connectivity index (χ1v) is 11.2. The van der Waals surface area contributed by atoms with Crippen molar-refractivity contribution < 1.29 is 22.7 Å². The van der Waals surface area contributed by atoms with Gasteiger partial charge in [-0.05, 0) is 54.4 Å². The first-order chi connectivity index (χ1) is 14.9. The summed E-state index contributed by atoms with van der Waals surface area (Å²) in [6.45, 7) is 2.76. The van der Waals surface area contributed by atoms with Gasteiger partial charge in [-0.1, -0.05) is 30.3 Å². The lowest BCUT2D eigenvalue weighted by Crippen LogP contribution is -2.41. The van der Waals surface area contributed by atoms with E-state index >= 15 is 0 Å².